The molecule has 1 aromatic rings. The number of benzene rings is 1. The molecule has 26 heavy (non-hydrogen) atoms. The van der Waals surface area contributed by atoms with Crippen molar-refractivity contribution in [3.05, 3.63) is 66.3 Å². The number of methoxy groups -OCH3 is 2. The van der Waals surface area contributed by atoms with Gasteiger partial charge in [-0.3, -0.25) is 4.79 Å². The third kappa shape index (κ3) is 9.81. The number of hydrogen-bond acceptors (Lipinski definition) is 5. The largest absolute Gasteiger partial charge is 0.497 e. The predicted octanol–water partition coefficient (Wildman–Crippen LogP) is 2.97. The fourth-order valence-electron chi connectivity index (χ4n) is 2.18. The molecule has 0 radical (unpaired) electrons. The first kappa shape index (κ1) is 21.7. The molecule has 1 aromatic carbocycles. The van der Waals surface area contributed by atoms with E-state index in [0.29, 0.717) is 12.8 Å². The number of aliphatic hydroxyl groups excluding tert-OH is 2. The topological polar surface area (TPSA) is 76.0 Å². The number of ether oxygens (including phenoxy) is 2. The third-order valence-electron chi connectivity index (χ3n) is 3.76. The van der Waals surface area contributed by atoms with Gasteiger partial charge in [0.05, 0.1) is 26.4 Å². The first-order valence-corrected chi connectivity index (χ1v) is 8.62. The zero-order chi connectivity index (χ0) is 19.2. The summed E-state index contributed by atoms with van der Waals surface area (Å²) in [5, 5.41) is 19.6. The zero-order valence-electron chi connectivity index (χ0n) is 15.4. The highest BCUT2D eigenvalue weighted by atomic mass is 16.5. The Balaban J connectivity index is 2.25. The van der Waals surface area contributed by atoms with Crippen LogP contribution in [0.4, 0.5) is 0 Å². The van der Waals surface area contributed by atoms with Crippen molar-refractivity contribution in [3.8, 4) is 5.75 Å². The van der Waals surface area contributed by atoms with Gasteiger partial charge < -0.3 is 19.7 Å². The van der Waals surface area contributed by atoms with Gasteiger partial charge in [-0.2, -0.15) is 0 Å². The molecule has 5 heteroatoms. The van der Waals surface area contributed by atoms with E-state index >= 15 is 0 Å². The highest BCUT2D eigenvalue weighted by Crippen LogP contribution is 2.13. The Kier molecular flexibility index (Phi) is 10.8. The lowest BCUT2D eigenvalue weighted by Gasteiger charge is -2.06. The monoisotopic (exact) mass is 360 g/mol. The highest BCUT2D eigenvalue weighted by Gasteiger charge is 2.04. The van der Waals surface area contributed by atoms with E-state index < -0.39 is 12.2 Å². The van der Waals surface area contributed by atoms with E-state index in [2.05, 4.69) is 4.74 Å². The van der Waals surface area contributed by atoms with E-state index in [1.54, 1.807) is 43.6 Å². The summed E-state index contributed by atoms with van der Waals surface area (Å²) in [4.78, 5) is 11.0. The fourth-order valence-corrected chi connectivity index (χ4v) is 2.18. The van der Waals surface area contributed by atoms with Gasteiger partial charge in [-0.05, 0) is 37.0 Å². The van der Waals surface area contributed by atoms with Gasteiger partial charge >= 0.3 is 5.97 Å². The molecule has 0 fully saturated rings. The van der Waals surface area contributed by atoms with E-state index in [9.17, 15) is 15.0 Å². The number of esters is 1. The molecule has 2 N–H and O–H groups in total. The summed E-state index contributed by atoms with van der Waals surface area (Å²) >= 11 is 0. The molecule has 0 spiro atoms. The summed E-state index contributed by atoms with van der Waals surface area (Å²) in [5.74, 6) is 0.488. The quantitative estimate of drug-likeness (QED) is 0.469. The summed E-state index contributed by atoms with van der Waals surface area (Å²) in [6.07, 6.45) is 11.1. The van der Waals surface area contributed by atoms with Crippen molar-refractivity contribution in [3.63, 3.8) is 0 Å². The Labute approximate surface area is 155 Å². The molecule has 142 valence electrons. The van der Waals surface area contributed by atoms with Gasteiger partial charge in [0.15, 0.2) is 0 Å². The Morgan fingerprint density at radius 1 is 0.962 bits per heavy atom. The Morgan fingerprint density at radius 3 is 2.08 bits per heavy atom. The van der Waals surface area contributed by atoms with Crippen LogP contribution >= 0.6 is 0 Å². The van der Waals surface area contributed by atoms with Crippen LogP contribution in [0.5, 0.6) is 5.75 Å². The number of rotatable bonds is 11. The Hall–Kier alpha value is -2.37. The number of hydrogen-bond donors (Lipinski definition) is 2. The van der Waals surface area contributed by atoms with Crippen molar-refractivity contribution in [2.24, 2.45) is 0 Å². The molecule has 2 unspecified atom stereocenters. The molecule has 0 aromatic heterocycles. The van der Waals surface area contributed by atoms with E-state index in [1.165, 1.54) is 7.11 Å². The summed E-state index contributed by atoms with van der Waals surface area (Å²) in [6, 6.07) is 7.80. The maximum absolute atomic E-state index is 11.0. The van der Waals surface area contributed by atoms with Gasteiger partial charge in [0.1, 0.15) is 5.75 Å². The lowest BCUT2D eigenvalue weighted by Crippen LogP contribution is -2.07. The van der Waals surface area contributed by atoms with Crippen LogP contribution in [-0.4, -0.2) is 42.6 Å². The predicted molar refractivity (Wildman–Crippen MR) is 102 cm³/mol. The van der Waals surface area contributed by atoms with Gasteiger partial charge in [-0.25, -0.2) is 0 Å². The molecule has 0 bridgehead atoms. The highest BCUT2D eigenvalue weighted by molar-refractivity contribution is 5.69. The minimum Gasteiger partial charge on any atom is -0.497 e. The van der Waals surface area contributed by atoms with E-state index in [1.807, 2.05) is 24.3 Å². The molecule has 0 saturated carbocycles. The number of allylic oxidation sites excluding steroid dienone is 4. The van der Waals surface area contributed by atoms with Gasteiger partial charge in [-0.1, -0.05) is 48.6 Å². The Bertz CT molecular complexity index is 601. The fraction of sp³-hybridized carbons (Fsp3) is 0.381. The van der Waals surface area contributed by atoms with Crippen LogP contribution < -0.4 is 4.74 Å². The van der Waals surface area contributed by atoms with E-state index in [0.717, 1.165) is 17.7 Å². The van der Waals surface area contributed by atoms with Crippen LogP contribution in [0.3, 0.4) is 0 Å². The van der Waals surface area contributed by atoms with Crippen LogP contribution in [-0.2, 0) is 16.0 Å². The molecule has 0 saturated heterocycles. The zero-order valence-corrected chi connectivity index (χ0v) is 15.4. The van der Waals surface area contributed by atoms with Gasteiger partial charge in [0.2, 0.25) is 0 Å². The molecule has 2 atom stereocenters. The summed E-state index contributed by atoms with van der Waals surface area (Å²) in [5.41, 5.74) is 1.15. The van der Waals surface area contributed by atoms with Crippen molar-refractivity contribution >= 4 is 5.97 Å². The molecule has 0 aliphatic rings. The summed E-state index contributed by atoms with van der Waals surface area (Å²) in [6.45, 7) is 0. The second-order valence-corrected chi connectivity index (χ2v) is 5.79. The normalized spacial score (nSPS) is 14.2. The lowest BCUT2D eigenvalue weighted by atomic mass is 10.1. The van der Waals surface area contributed by atoms with Crippen molar-refractivity contribution in [2.75, 3.05) is 14.2 Å². The van der Waals surface area contributed by atoms with Crippen LogP contribution in [0.15, 0.2) is 60.7 Å². The number of aliphatic hydroxyl groups is 2. The summed E-state index contributed by atoms with van der Waals surface area (Å²) < 4.78 is 9.63. The first-order valence-electron chi connectivity index (χ1n) is 8.62. The van der Waals surface area contributed by atoms with Gasteiger partial charge in [-0.15, -0.1) is 0 Å². The average molecular weight is 360 g/mol. The Morgan fingerprint density at radius 2 is 1.54 bits per heavy atom. The first-order chi connectivity index (χ1) is 12.5. The summed E-state index contributed by atoms with van der Waals surface area (Å²) in [7, 11) is 2.96. The number of carbonyl (C=O) groups excluding carboxylic acids is 1. The average Bonchev–Trinajstić information content (AvgIpc) is 2.67. The molecule has 0 heterocycles. The van der Waals surface area contributed by atoms with Crippen LogP contribution in [0.25, 0.3) is 0 Å². The smallest absolute Gasteiger partial charge is 0.305 e. The van der Waals surface area contributed by atoms with E-state index in [-0.39, 0.29) is 12.4 Å². The minimum atomic E-state index is -0.683. The maximum Gasteiger partial charge on any atom is 0.305 e. The number of carbonyl (C=O) groups is 1. The molecule has 0 amide bonds. The van der Waals surface area contributed by atoms with Crippen LogP contribution in [0.2, 0.25) is 0 Å². The van der Waals surface area contributed by atoms with Crippen LogP contribution in [0.1, 0.15) is 24.8 Å². The van der Waals surface area contributed by atoms with Gasteiger partial charge in [0.25, 0.3) is 0 Å². The van der Waals surface area contributed by atoms with Crippen molar-refractivity contribution in [1.29, 1.82) is 0 Å². The number of aryl methyl sites for hydroxylation is 1. The molecular formula is C21H28O5. The lowest BCUT2D eigenvalue weighted by molar-refractivity contribution is -0.141. The van der Waals surface area contributed by atoms with Crippen LogP contribution in [0, 0.1) is 0 Å². The van der Waals surface area contributed by atoms with Crippen molar-refractivity contribution < 1.29 is 24.5 Å². The SMILES string of the molecule is COC(=O)CCC(O)/C=C/C=C/C=C/C(O)CCc1ccc(OC)cc1. The molecule has 1 rings (SSSR count). The van der Waals surface area contributed by atoms with Crippen molar-refractivity contribution in [2.45, 2.75) is 37.9 Å². The third-order valence-corrected chi connectivity index (χ3v) is 3.76. The second kappa shape index (κ2) is 12.9. The molecule has 5 nitrogen and oxygen atoms in total. The minimum absolute atomic E-state index is 0.187. The molecule has 0 aliphatic heterocycles. The second-order valence-electron chi connectivity index (χ2n) is 5.79. The molecular weight excluding hydrogens is 332 g/mol. The van der Waals surface area contributed by atoms with E-state index in [4.69, 9.17) is 4.74 Å². The van der Waals surface area contributed by atoms with Gasteiger partial charge in [0, 0.05) is 6.42 Å². The molecule has 0 aliphatic carbocycles. The van der Waals surface area contributed by atoms with Crippen molar-refractivity contribution in [1.82, 2.24) is 0 Å². The maximum atomic E-state index is 11.0. The standard InChI is InChI=1S/C21H28O5/c1-25-20-14-10-17(11-15-20)9-12-18(22)7-5-3-4-6-8-19(23)13-16-21(24)26-2/h3-8,10-11,14-15,18-19,22-23H,9,12-13,16H2,1-2H3/b4-3+,7-5+,8-6+.